The molecule has 3 aromatic heterocycles. The summed E-state index contributed by atoms with van der Waals surface area (Å²) in [7, 11) is 0. The quantitative estimate of drug-likeness (QED) is 0.162. The standard InChI is InChI=1S/C60H35BN2S3/c1-3-16-36(17-4-1)54-46(33-30-41-38-20-7-12-27-51(38)64-58(41)54)62-45-24-11-10-23-44(45)61-56-48(62)25-15-26-49(56)63(50-35-32-43-40-22-9-14-29-53(40)66-60(43)57(50)61)47-34-31-42-39-21-8-13-28-52(39)65-59(42)55(47)37-18-5-2-6-19-37/h1-35H. The lowest BCUT2D eigenvalue weighted by Gasteiger charge is -2.45. The van der Waals surface area contributed by atoms with Gasteiger partial charge in [0.25, 0.3) is 6.71 Å². The van der Waals surface area contributed by atoms with Crippen LogP contribution in [0.4, 0.5) is 34.1 Å². The minimum absolute atomic E-state index is 0.00636. The molecule has 0 N–H and O–H groups in total. The van der Waals surface area contributed by atoms with Gasteiger partial charge in [0.1, 0.15) is 0 Å². The molecule has 13 aromatic rings. The zero-order valence-electron chi connectivity index (χ0n) is 35.4. The summed E-state index contributed by atoms with van der Waals surface area (Å²) in [6, 6.07) is 79.5. The Morgan fingerprint density at radius 2 is 0.667 bits per heavy atom. The topological polar surface area (TPSA) is 6.48 Å². The molecule has 66 heavy (non-hydrogen) atoms. The number of nitrogens with zero attached hydrogens (tertiary/aromatic N) is 2. The van der Waals surface area contributed by atoms with Gasteiger partial charge in [0.15, 0.2) is 0 Å². The summed E-state index contributed by atoms with van der Waals surface area (Å²) in [5.41, 5.74) is 16.3. The van der Waals surface area contributed by atoms with E-state index >= 15 is 0 Å². The Kier molecular flexibility index (Phi) is 7.82. The fraction of sp³-hybridized carbons (Fsp3) is 0. The molecule has 15 rings (SSSR count). The van der Waals surface area contributed by atoms with Crippen molar-refractivity contribution in [3.8, 4) is 22.3 Å². The lowest BCUT2D eigenvalue weighted by atomic mass is 9.33. The third kappa shape index (κ3) is 5.06. The lowest BCUT2D eigenvalue weighted by molar-refractivity contribution is 1.26. The van der Waals surface area contributed by atoms with E-state index in [0.717, 1.165) is 0 Å². The summed E-state index contributed by atoms with van der Waals surface area (Å²) < 4.78 is 7.91. The minimum Gasteiger partial charge on any atom is -0.311 e. The Balaban J connectivity index is 1.08. The number of hydrogen-bond donors (Lipinski definition) is 0. The van der Waals surface area contributed by atoms with Gasteiger partial charge in [-0.2, -0.15) is 0 Å². The van der Waals surface area contributed by atoms with Crippen LogP contribution in [0.25, 0.3) is 82.8 Å². The number of rotatable bonds is 4. The van der Waals surface area contributed by atoms with E-state index in [1.165, 1.54) is 133 Å². The van der Waals surface area contributed by atoms with E-state index < -0.39 is 0 Å². The van der Waals surface area contributed by atoms with Crippen molar-refractivity contribution < 1.29 is 0 Å². The predicted octanol–water partition coefficient (Wildman–Crippen LogP) is 16.2. The zero-order valence-corrected chi connectivity index (χ0v) is 37.9. The van der Waals surface area contributed by atoms with E-state index in [4.69, 9.17) is 0 Å². The Morgan fingerprint density at radius 1 is 0.273 bits per heavy atom. The van der Waals surface area contributed by atoms with Gasteiger partial charge in [0, 0.05) is 89.0 Å². The molecule has 0 fully saturated rings. The molecule has 0 spiro atoms. The van der Waals surface area contributed by atoms with Crippen molar-refractivity contribution in [2.45, 2.75) is 0 Å². The van der Waals surface area contributed by atoms with Gasteiger partial charge in [-0.25, -0.2) is 0 Å². The highest BCUT2D eigenvalue weighted by molar-refractivity contribution is 7.28. The molecule has 306 valence electrons. The molecule has 0 bridgehead atoms. The van der Waals surface area contributed by atoms with Gasteiger partial charge in [-0.3, -0.25) is 0 Å². The van der Waals surface area contributed by atoms with Crippen LogP contribution in [0.2, 0.25) is 0 Å². The third-order valence-electron chi connectivity index (χ3n) is 14.1. The van der Waals surface area contributed by atoms with Crippen LogP contribution in [0.5, 0.6) is 0 Å². The number of para-hydroxylation sites is 1. The maximum atomic E-state index is 2.63. The highest BCUT2D eigenvalue weighted by Gasteiger charge is 2.45. The summed E-state index contributed by atoms with van der Waals surface area (Å²) in [5, 5.41) is 7.85. The predicted molar refractivity (Wildman–Crippen MR) is 290 cm³/mol. The number of anilines is 6. The van der Waals surface area contributed by atoms with E-state index in [0.29, 0.717) is 0 Å². The van der Waals surface area contributed by atoms with Crippen molar-refractivity contribution in [2.75, 3.05) is 9.80 Å². The summed E-state index contributed by atoms with van der Waals surface area (Å²) in [5.74, 6) is 0. The summed E-state index contributed by atoms with van der Waals surface area (Å²) in [6.07, 6.45) is 0. The van der Waals surface area contributed by atoms with Gasteiger partial charge in [-0.15, -0.1) is 34.0 Å². The fourth-order valence-electron chi connectivity index (χ4n) is 11.4. The Hall–Kier alpha value is -7.48. The first-order valence-electron chi connectivity index (χ1n) is 22.5. The average Bonchev–Trinajstić information content (AvgIpc) is 4.08. The maximum Gasteiger partial charge on any atom is 0.254 e. The molecule has 0 radical (unpaired) electrons. The van der Waals surface area contributed by atoms with Crippen molar-refractivity contribution in [3.63, 3.8) is 0 Å². The summed E-state index contributed by atoms with van der Waals surface area (Å²) >= 11 is 5.75. The van der Waals surface area contributed by atoms with Gasteiger partial charge in [0.2, 0.25) is 0 Å². The first-order chi connectivity index (χ1) is 32.8. The molecule has 0 atom stereocenters. The highest BCUT2D eigenvalue weighted by Crippen LogP contribution is 2.53. The van der Waals surface area contributed by atoms with E-state index in [9.17, 15) is 0 Å². The molecule has 2 nitrogen and oxygen atoms in total. The largest absolute Gasteiger partial charge is 0.311 e. The highest BCUT2D eigenvalue weighted by atomic mass is 32.1. The van der Waals surface area contributed by atoms with Gasteiger partial charge in [-0.1, -0.05) is 158 Å². The van der Waals surface area contributed by atoms with Gasteiger partial charge >= 0.3 is 0 Å². The fourth-order valence-corrected chi connectivity index (χ4v) is 15.2. The number of hydrogen-bond acceptors (Lipinski definition) is 5. The zero-order chi connectivity index (χ0) is 43.0. The van der Waals surface area contributed by atoms with Crippen molar-refractivity contribution in [2.24, 2.45) is 0 Å². The second-order valence-corrected chi connectivity index (χ2v) is 20.6. The molecule has 0 unspecified atom stereocenters. The summed E-state index contributed by atoms with van der Waals surface area (Å²) in [6.45, 7) is -0.00636. The molecule has 0 saturated carbocycles. The SMILES string of the molecule is c1ccc(-c2c(N3c4ccccc4B4c5c3cccc5N(c3ccc5c(sc6ccccc65)c3-c3ccccc3)c3ccc5c(sc6ccccc65)c34)ccc3c2sc2ccccc23)cc1. The van der Waals surface area contributed by atoms with Crippen LogP contribution in [0, 0.1) is 0 Å². The van der Waals surface area contributed by atoms with E-state index in [-0.39, 0.29) is 6.71 Å². The Labute approximate surface area is 393 Å². The van der Waals surface area contributed by atoms with Crippen molar-refractivity contribution >= 4 is 152 Å². The van der Waals surface area contributed by atoms with Crippen LogP contribution < -0.4 is 26.2 Å². The molecule has 0 aliphatic carbocycles. The first-order valence-corrected chi connectivity index (χ1v) is 25.0. The Bertz CT molecular complexity index is 4130. The second-order valence-electron chi connectivity index (χ2n) is 17.4. The molecular weight excluding hydrogens is 856 g/mol. The molecule has 5 heterocycles. The molecule has 6 heteroatoms. The summed E-state index contributed by atoms with van der Waals surface area (Å²) in [4.78, 5) is 5.22. The lowest BCUT2D eigenvalue weighted by Crippen LogP contribution is -2.61. The van der Waals surface area contributed by atoms with Crippen LogP contribution in [-0.2, 0) is 0 Å². The molecule has 10 aromatic carbocycles. The first kappa shape index (κ1) is 36.8. The van der Waals surface area contributed by atoms with Crippen molar-refractivity contribution in [3.05, 3.63) is 212 Å². The second kappa shape index (κ2) is 14.0. The van der Waals surface area contributed by atoms with Gasteiger partial charge in [-0.05, 0) is 87.5 Å². The van der Waals surface area contributed by atoms with Crippen molar-refractivity contribution in [1.29, 1.82) is 0 Å². The molecule has 0 saturated heterocycles. The number of fused-ring (bicyclic) bond motifs is 14. The van der Waals surface area contributed by atoms with Crippen LogP contribution in [0.1, 0.15) is 0 Å². The number of benzene rings is 10. The van der Waals surface area contributed by atoms with Crippen LogP contribution in [0.3, 0.4) is 0 Å². The van der Waals surface area contributed by atoms with Gasteiger partial charge < -0.3 is 9.80 Å². The van der Waals surface area contributed by atoms with Crippen LogP contribution in [0.15, 0.2) is 212 Å². The molecular formula is C60H35BN2S3. The monoisotopic (exact) mass is 890 g/mol. The molecule has 0 amide bonds. The molecule has 2 aliphatic rings. The smallest absolute Gasteiger partial charge is 0.254 e. The van der Waals surface area contributed by atoms with Crippen LogP contribution >= 0.6 is 34.0 Å². The van der Waals surface area contributed by atoms with Gasteiger partial charge in [0.05, 0.1) is 11.4 Å². The van der Waals surface area contributed by atoms with E-state index in [1.807, 2.05) is 34.0 Å². The maximum absolute atomic E-state index is 2.63. The average molecular weight is 891 g/mol. The van der Waals surface area contributed by atoms with Crippen molar-refractivity contribution in [1.82, 2.24) is 0 Å². The van der Waals surface area contributed by atoms with E-state index in [2.05, 4.69) is 222 Å². The van der Waals surface area contributed by atoms with Crippen LogP contribution in [-0.4, -0.2) is 6.71 Å². The minimum atomic E-state index is -0.00636. The normalized spacial score (nSPS) is 13.1. The Morgan fingerprint density at radius 3 is 1.21 bits per heavy atom. The van der Waals surface area contributed by atoms with E-state index in [1.54, 1.807) is 0 Å². The third-order valence-corrected chi connectivity index (χ3v) is 17.7. The molecule has 2 aliphatic heterocycles. The number of thiophene rings is 3.